The van der Waals surface area contributed by atoms with E-state index >= 15 is 0 Å². The highest BCUT2D eigenvalue weighted by Crippen LogP contribution is 2.35. The minimum Gasteiger partial charge on any atom is -0.454 e. The van der Waals surface area contributed by atoms with Crippen molar-refractivity contribution in [1.82, 2.24) is 0 Å². The lowest BCUT2D eigenvalue weighted by atomic mass is 10.1. The second-order valence-corrected chi connectivity index (χ2v) is 6.31. The van der Waals surface area contributed by atoms with Crippen molar-refractivity contribution in [2.45, 2.75) is 20.3 Å². The zero-order valence-electron chi connectivity index (χ0n) is 12.8. The van der Waals surface area contributed by atoms with Crippen LogP contribution in [0.5, 0.6) is 11.5 Å². The van der Waals surface area contributed by atoms with Crippen LogP contribution in [0.15, 0.2) is 18.2 Å². The number of fused-ring (bicyclic) bond motifs is 1. The molecule has 2 amide bonds. The molecule has 0 saturated heterocycles. The lowest BCUT2D eigenvalue weighted by Gasteiger charge is -2.06. The van der Waals surface area contributed by atoms with Crippen LogP contribution in [0.25, 0.3) is 0 Å². The Morgan fingerprint density at radius 2 is 2.04 bits per heavy atom. The van der Waals surface area contributed by atoms with E-state index in [1.807, 2.05) is 13.8 Å². The molecule has 0 spiro atoms. The molecule has 0 aliphatic carbocycles. The van der Waals surface area contributed by atoms with Crippen molar-refractivity contribution in [3.63, 3.8) is 0 Å². The largest absolute Gasteiger partial charge is 0.454 e. The Labute approximate surface area is 137 Å². The van der Waals surface area contributed by atoms with Gasteiger partial charge in [0.1, 0.15) is 5.00 Å². The number of thiophene rings is 1. The average Bonchev–Trinajstić information content (AvgIpc) is 3.09. The number of anilines is 1. The van der Waals surface area contributed by atoms with Gasteiger partial charge in [0, 0.05) is 10.4 Å². The van der Waals surface area contributed by atoms with Crippen molar-refractivity contribution in [3.8, 4) is 11.5 Å². The fraction of sp³-hybridized carbons (Fsp3) is 0.250. The molecular formula is C16H16N2O4S. The zero-order chi connectivity index (χ0) is 16.6. The van der Waals surface area contributed by atoms with Crippen molar-refractivity contribution >= 4 is 28.2 Å². The molecule has 1 aromatic heterocycles. The summed E-state index contributed by atoms with van der Waals surface area (Å²) < 4.78 is 10.5. The number of nitrogens with one attached hydrogen (secondary N) is 1. The Balaban J connectivity index is 1.90. The van der Waals surface area contributed by atoms with Gasteiger partial charge in [0.05, 0.1) is 5.56 Å². The molecule has 0 atom stereocenters. The van der Waals surface area contributed by atoms with Crippen LogP contribution in [-0.2, 0) is 6.42 Å². The number of ether oxygens (including phenoxy) is 2. The molecule has 6 nitrogen and oxygen atoms in total. The van der Waals surface area contributed by atoms with Gasteiger partial charge in [-0.25, -0.2) is 0 Å². The molecule has 23 heavy (non-hydrogen) atoms. The summed E-state index contributed by atoms with van der Waals surface area (Å²) in [6, 6.07) is 4.94. The third-order valence-electron chi connectivity index (χ3n) is 3.67. The van der Waals surface area contributed by atoms with E-state index in [2.05, 4.69) is 5.32 Å². The minimum absolute atomic E-state index is 0.149. The number of amides is 2. The van der Waals surface area contributed by atoms with Crippen molar-refractivity contribution in [2.24, 2.45) is 5.73 Å². The van der Waals surface area contributed by atoms with E-state index < -0.39 is 5.91 Å². The second kappa shape index (κ2) is 5.92. The molecular weight excluding hydrogens is 316 g/mol. The predicted molar refractivity (Wildman–Crippen MR) is 87.5 cm³/mol. The van der Waals surface area contributed by atoms with Crippen LogP contribution in [0.2, 0.25) is 0 Å². The lowest BCUT2D eigenvalue weighted by Crippen LogP contribution is -2.17. The topological polar surface area (TPSA) is 90.7 Å². The summed E-state index contributed by atoms with van der Waals surface area (Å²) in [5.74, 6) is 0.283. The van der Waals surface area contributed by atoms with Gasteiger partial charge in [0.15, 0.2) is 11.5 Å². The maximum atomic E-state index is 12.4. The molecule has 0 bridgehead atoms. The first-order chi connectivity index (χ1) is 11.0. The number of primary amides is 1. The number of nitrogens with two attached hydrogens (primary N) is 1. The molecule has 2 heterocycles. The number of aryl methyl sites for hydroxylation is 1. The molecule has 1 aromatic carbocycles. The number of hydrogen-bond donors (Lipinski definition) is 2. The molecule has 2 aromatic rings. The highest BCUT2D eigenvalue weighted by Gasteiger charge is 2.22. The molecule has 7 heteroatoms. The van der Waals surface area contributed by atoms with Gasteiger partial charge in [-0.15, -0.1) is 11.3 Å². The molecule has 0 saturated carbocycles. The molecule has 0 fully saturated rings. The Kier molecular flexibility index (Phi) is 3.96. The van der Waals surface area contributed by atoms with E-state index in [9.17, 15) is 9.59 Å². The van der Waals surface area contributed by atoms with Crippen LogP contribution in [-0.4, -0.2) is 18.6 Å². The summed E-state index contributed by atoms with van der Waals surface area (Å²) in [7, 11) is 0. The first-order valence-electron chi connectivity index (χ1n) is 7.14. The van der Waals surface area contributed by atoms with Gasteiger partial charge in [-0.05, 0) is 37.1 Å². The van der Waals surface area contributed by atoms with Gasteiger partial charge in [-0.2, -0.15) is 0 Å². The Morgan fingerprint density at radius 1 is 1.30 bits per heavy atom. The number of rotatable bonds is 4. The lowest BCUT2D eigenvalue weighted by molar-refractivity contribution is 0.100. The van der Waals surface area contributed by atoms with Crippen LogP contribution in [0.1, 0.15) is 38.1 Å². The number of benzene rings is 1. The maximum Gasteiger partial charge on any atom is 0.256 e. The first kappa shape index (κ1) is 15.4. The molecule has 3 N–H and O–H groups in total. The monoisotopic (exact) mass is 332 g/mol. The van der Waals surface area contributed by atoms with E-state index in [1.54, 1.807) is 18.2 Å². The fourth-order valence-corrected chi connectivity index (χ4v) is 3.71. The molecule has 1 aliphatic rings. The second-order valence-electron chi connectivity index (χ2n) is 5.08. The van der Waals surface area contributed by atoms with Crippen molar-refractivity contribution in [3.05, 3.63) is 39.8 Å². The predicted octanol–water partition coefficient (Wildman–Crippen LogP) is 2.70. The van der Waals surface area contributed by atoms with Gasteiger partial charge in [0.25, 0.3) is 11.8 Å². The average molecular weight is 332 g/mol. The van der Waals surface area contributed by atoms with E-state index in [1.165, 1.54) is 11.3 Å². The summed E-state index contributed by atoms with van der Waals surface area (Å²) >= 11 is 1.35. The standard InChI is InChI=1S/C16H16N2O4S/c1-3-10-8(2)23-16(13(10)14(17)19)18-15(20)9-4-5-11-12(6-9)22-7-21-11/h4-6H,3,7H2,1-2H3,(H2,17,19)(H,18,20). The fourth-order valence-electron chi connectivity index (χ4n) is 2.57. The highest BCUT2D eigenvalue weighted by molar-refractivity contribution is 7.16. The highest BCUT2D eigenvalue weighted by atomic mass is 32.1. The SMILES string of the molecule is CCc1c(C)sc(NC(=O)c2ccc3c(c2)OCO3)c1C(N)=O. The van der Waals surface area contributed by atoms with E-state index in [4.69, 9.17) is 15.2 Å². The van der Waals surface area contributed by atoms with Gasteiger partial charge in [-0.3, -0.25) is 9.59 Å². The Bertz CT molecular complexity index is 798. The van der Waals surface area contributed by atoms with Gasteiger partial charge in [0.2, 0.25) is 6.79 Å². The zero-order valence-corrected chi connectivity index (χ0v) is 13.6. The Morgan fingerprint density at radius 3 is 2.74 bits per heavy atom. The molecule has 1 aliphatic heterocycles. The summed E-state index contributed by atoms with van der Waals surface area (Å²) in [6.07, 6.45) is 0.681. The molecule has 120 valence electrons. The third-order valence-corrected chi connectivity index (χ3v) is 4.73. The van der Waals surface area contributed by atoms with Crippen molar-refractivity contribution in [1.29, 1.82) is 0 Å². The maximum absolute atomic E-state index is 12.4. The molecule has 3 rings (SSSR count). The first-order valence-corrected chi connectivity index (χ1v) is 7.96. The summed E-state index contributed by atoms with van der Waals surface area (Å²) in [5.41, 5.74) is 7.17. The Hall–Kier alpha value is -2.54. The summed E-state index contributed by atoms with van der Waals surface area (Å²) in [5, 5.41) is 3.26. The smallest absolute Gasteiger partial charge is 0.256 e. The van der Waals surface area contributed by atoms with Crippen LogP contribution in [0, 0.1) is 6.92 Å². The van der Waals surface area contributed by atoms with E-state index in [0.717, 1.165) is 10.4 Å². The molecule has 0 unspecified atom stereocenters. The number of hydrogen-bond acceptors (Lipinski definition) is 5. The van der Waals surface area contributed by atoms with Crippen LogP contribution in [0.3, 0.4) is 0 Å². The minimum atomic E-state index is -0.535. The van der Waals surface area contributed by atoms with E-state index in [-0.39, 0.29) is 12.7 Å². The normalized spacial score (nSPS) is 12.3. The van der Waals surface area contributed by atoms with Gasteiger partial charge in [-0.1, -0.05) is 6.92 Å². The third kappa shape index (κ3) is 2.75. The summed E-state index contributed by atoms with van der Waals surface area (Å²) in [4.78, 5) is 25.1. The van der Waals surface area contributed by atoms with E-state index in [0.29, 0.717) is 34.0 Å². The van der Waals surface area contributed by atoms with Crippen molar-refractivity contribution in [2.75, 3.05) is 12.1 Å². The van der Waals surface area contributed by atoms with Crippen molar-refractivity contribution < 1.29 is 19.1 Å². The number of carbonyl (C=O) groups is 2. The molecule has 0 radical (unpaired) electrons. The van der Waals surface area contributed by atoms with Gasteiger partial charge < -0.3 is 20.5 Å². The number of carbonyl (C=O) groups excluding carboxylic acids is 2. The quantitative estimate of drug-likeness (QED) is 0.900. The van der Waals surface area contributed by atoms with Crippen LogP contribution in [0.4, 0.5) is 5.00 Å². The van der Waals surface area contributed by atoms with Crippen LogP contribution >= 0.6 is 11.3 Å². The van der Waals surface area contributed by atoms with Crippen LogP contribution < -0.4 is 20.5 Å². The summed E-state index contributed by atoms with van der Waals surface area (Å²) in [6.45, 7) is 4.01. The van der Waals surface area contributed by atoms with Gasteiger partial charge >= 0.3 is 0 Å².